The molecule has 0 bridgehead atoms. The van der Waals surface area contributed by atoms with Crippen molar-refractivity contribution < 1.29 is 0 Å². The lowest BCUT2D eigenvalue weighted by Gasteiger charge is -2.23. The van der Waals surface area contributed by atoms with Gasteiger partial charge in [0.05, 0.1) is 0 Å². The van der Waals surface area contributed by atoms with Crippen LogP contribution in [0.1, 0.15) is 6.42 Å². The second kappa shape index (κ2) is 1.95. The summed E-state index contributed by atoms with van der Waals surface area (Å²) < 4.78 is 0. The summed E-state index contributed by atoms with van der Waals surface area (Å²) in [6.07, 6.45) is 8.03. The van der Waals surface area contributed by atoms with E-state index in [2.05, 4.69) is 22.0 Å². The maximum atomic E-state index is 4.31. The molecule has 2 aliphatic rings. The van der Waals surface area contributed by atoms with E-state index in [0.29, 0.717) is 6.17 Å². The standard InChI is InChI=1S/C7H10N2/c1-2-5-9-6-4-8-7(9)3-1/h1-2,4,7H,3,5-6H2. The zero-order valence-corrected chi connectivity index (χ0v) is 5.33. The lowest BCUT2D eigenvalue weighted by molar-refractivity contribution is 0.268. The molecular formula is C7H10N2. The van der Waals surface area contributed by atoms with Crippen molar-refractivity contribution in [1.82, 2.24) is 4.90 Å². The monoisotopic (exact) mass is 122 g/mol. The molecule has 0 aliphatic carbocycles. The van der Waals surface area contributed by atoms with Gasteiger partial charge in [-0.05, 0) is 0 Å². The van der Waals surface area contributed by atoms with Crippen LogP contribution in [0.4, 0.5) is 0 Å². The molecule has 2 heterocycles. The highest BCUT2D eigenvalue weighted by Gasteiger charge is 2.20. The van der Waals surface area contributed by atoms with E-state index in [1.54, 1.807) is 0 Å². The molecule has 1 atom stereocenters. The van der Waals surface area contributed by atoms with Crippen molar-refractivity contribution in [1.29, 1.82) is 0 Å². The van der Waals surface area contributed by atoms with Crippen LogP contribution in [0.25, 0.3) is 0 Å². The summed E-state index contributed by atoms with van der Waals surface area (Å²) in [4.78, 5) is 6.67. The lowest BCUT2D eigenvalue weighted by Crippen LogP contribution is -2.32. The van der Waals surface area contributed by atoms with Gasteiger partial charge in [0.25, 0.3) is 0 Å². The van der Waals surface area contributed by atoms with E-state index in [0.717, 1.165) is 19.5 Å². The van der Waals surface area contributed by atoms with Gasteiger partial charge >= 0.3 is 0 Å². The van der Waals surface area contributed by atoms with Crippen LogP contribution in [-0.4, -0.2) is 30.4 Å². The Kier molecular flexibility index (Phi) is 1.12. The topological polar surface area (TPSA) is 15.6 Å². The minimum Gasteiger partial charge on any atom is -0.277 e. The van der Waals surface area contributed by atoms with Crippen LogP contribution in [0.5, 0.6) is 0 Å². The summed E-state index contributed by atoms with van der Waals surface area (Å²) in [6, 6.07) is 0. The average Bonchev–Trinajstić information content (AvgIpc) is 2.33. The van der Waals surface area contributed by atoms with Gasteiger partial charge in [-0.2, -0.15) is 0 Å². The SMILES string of the molecule is C1=CCN2CC=NC2C1. The van der Waals surface area contributed by atoms with Gasteiger partial charge in [0.1, 0.15) is 6.17 Å². The normalized spacial score (nSPS) is 33.1. The predicted molar refractivity (Wildman–Crippen MR) is 37.6 cm³/mol. The van der Waals surface area contributed by atoms with Crippen molar-refractivity contribution in [3.63, 3.8) is 0 Å². The van der Waals surface area contributed by atoms with Gasteiger partial charge in [0, 0.05) is 25.7 Å². The van der Waals surface area contributed by atoms with E-state index >= 15 is 0 Å². The molecular weight excluding hydrogens is 112 g/mol. The van der Waals surface area contributed by atoms with E-state index in [1.807, 2.05) is 6.21 Å². The Bertz CT molecular complexity index is 160. The van der Waals surface area contributed by atoms with Crippen molar-refractivity contribution in [3.05, 3.63) is 12.2 Å². The molecule has 9 heavy (non-hydrogen) atoms. The molecule has 0 fully saturated rings. The number of rotatable bonds is 0. The summed E-state index contributed by atoms with van der Waals surface area (Å²) in [5.74, 6) is 0. The van der Waals surface area contributed by atoms with Crippen LogP contribution < -0.4 is 0 Å². The van der Waals surface area contributed by atoms with Crippen LogP contribution in [0.2, 0.25) is 0 Å². The van der Waals surface area contributed by atoms with E-state index in [9.17, 15) is 0 Å². The summed E-state index contributed by atoms with van der Waals surface area (Å²) in [5.41, 5.74) is 0. The van der Waals surface area contributed by atoms with Crippen molar-refractivity contribution in [2.45, 2.75) is 12.6 Å². The third-order valence-corrected chi connectivity index (χ3v) is 1.87. The van der Waals surface area contributed by atoms with Gasteiger partial charge < -0.3 is 0 Å². The first-order chi connectivity index (χ1) is 4.47. The summed E-state index contributed by atoms with van der Waals surface area (Å²) in [6.45, 7) is 2.14. The number of hydrogen-bond donors (Lipinski definition) is 0. The van der Waals surface area contributed by atoms with Crippen molar-refractivity contribution in [2.75, 3.05) is 13.1 Å². The van der Waals surface area contributed by atoms with Gasteiger partial charge in [-0.25, -0.2) is 0 Å². The Balaban J connectivity index is 2.13. The first-order valence-corrected chi connectivity index (χ1v) is 3.37. The minimum atomic E-state index is 0.481. The zero-order valence-electron chi connectivity index (χ0n) is 5.33. The third kappa shape index (κ3) is 0.793. The lowest BCUT2D eigenvalue weighted by atomic mass is 10.2. The molecule has 0 N–H and O–H groups in total. The molecule has 0 saturated carbocycles. The average molecular weight is 122 g/mol. The third-order valence-electron chi connectivity index (χ3n) is 1.87. The Labute approximate surface area is 54.9 Å². The van der Waals surface area contributed by atoms with E-state index in [1.165, 1.54) is 0 Å². The second-order valence-electron chi connectivity index (χ2n) is 2.47. The molecule has 0 saturated heterocycles. The van der Waals surface area contributed by atoms with Gasteiger partial charge in [0.2, 0.25) is 0 Å². The molecule has 2 rings (SSSR count). The highest BCUT2D eigenvalue weighted by atomic mass is 15.3. The Morgan fingerprint density at radius 3 is 3.22 bits per heavy atom. The molecule has 48 valence electrons. The predicted octanol–water partition coefficient (Wildman–Crippen LogP) is 0.659. The first-order valence-electron chi connectivity index (χ1n) is 3.37. The molecule has 0 radical (unpaired) electrons. The molecule has 2 aliphatic heterocycles. The van der Waals surface area contributed by atoms with Crippen LogP contribution in [0, 0.1) is 0 Å². The van der Waals surface area contributed by atoms with E-state index in [-0.39, 0.29) is 0 Å². The van der Waals surface area contributed by atoms with Gasteiger partial charge in [-0.1, -0.05) is 12.2 Å². The molecule has 0 aromatic heterocycles. The summed E-state index contributed by atoms with van der Waals surface area (Å²) in [5, 5.41) is 0. The fraction of sp³-hybridized carbons (Fsp3) is 0.571. The number of hydrogen-bond acceptors (Lipinski definition) is 2. The molecule has 2 heteroatoms. The number of nitrogens with zero attached hydrogens (tertiary/aromatic N) is 2. The fourth-order valence-electron chi connectivity index (χ4n) is 1.32. The van der Waals surface area contributed by atoms with Crippen molar-refractivity contribution in [3.8, 4) is 0 Å². The maximum Gasteiger partial charge on any atom is 0.106 e. The van der Waals surface area contributed by atoms with Crippen molar-refractivity contribution >= 4 is 6.21 Å². The Morgan fingerprint density at radius 2 is 2.33 bits per heavy atom. The molecule has 1 unspecified atom stereocenters. The summed E-state index contributed by atoms with van der Waals surface area (Å²) >= 11 is 0. The highest BCUT2D eigenvalue weighted by Crippen LogP contribution is 2.14. The molecule has 0 amide bonds. The van der Waals surface area contributed by atoms with Gasteiger partial charge in [-0.15, -0.1) is 0 Å². The smallest absolute Gasteiger partial charge is 0.106 e. The fourth-order valence-corrected chi connectivity index (χ4v) is 1.32. The molecule has 0 aromatic carbocycles. The van der Waals surface area contributed by atoms with Crippen molar-refractivity contribution in [2.24, 2.45) is 4.99 Å². The van der Waals surface area contributed by atoms with E-state index < -0.39 is 0 Å². The molecule has 0 spiro atoms. The van der Waals surface area contributed by atoms with Crippen LogP contribution in [0.15, 0.2) is 17.1 Å². The summed E-state index contributed by atoms with van der Waals surface area (Å²) in [7, 11) is 0. The second-order valence-corrected chi connectivity index (χ2v) is 2.47. The van der Waals surface area contributed by atoms with Crippen LogP contribution >= 0.6 is 0 Å². The Hall–Kier alpha value is -0.630. The van der Waals surface area contributed by atoms with Crippen LogP contribution in [-0.2, 0) is 0 Å². The van der Waals surface area contributed by atoms with Crippen LogP contribution in [0.3, 0.4) is 0 Å². The van der Waals surface area contributed by atoms with Gasteiger partial charge in [-0.3, -0.25) is 9.89 Å². The highest BCUT2D eigenvalue weighted by molar-refractivity contribution is 5.62. The molecule has 0 aromatic rings. The zero-order chi connectivity index (χ0) is 6.10. The first kappa shape index (κ1) is 5.18. The minimum absolute atomic E-state index is 0.481. The largest absolute Gasteiger partial charge is 0.277 e. The molecule has 2 nitrogen and oxygen atoms in total. The Morgan fingerprint density at radius 1 is 1.33 bits per heavy atom. The number of fused-ring (bicyclic) bond motifs is 1. The van der Waals surface area contributed by atoms with E-state index in [4.69, 9.17) is 0 Å². The quantitative estimate of drug-likeness (QED) is 0.431. The number of aliphatic imine (C=N–C) groups is 1. The maximum absolute atomic E-state index is 4.31. The van der Waals surface area contributed by atoms with Gasteiger partial charge in [0.15, 0.2) is 0 Å².